The molecule has 6 heteroatoms. The van der Waals surface area contributed by atoms with Crippen LogP contribution in [0, 0.1) is 16.0 Å². The summed E-state index contributed by atoms with van der Waals surface area (Å²) in [5, 5.41) is 14.4. The summed E-state index contributed by atoms with van der Waals surface area (Å²) in [6, 6.07) is 4.87. The molecular weight excluding hydrogens is 270 g/mol. The molecule has 6 nitrogen and oxygen atoms in total. The lowest BCUT2D eigenvalue weighted by Crippen LogP contribution is -2.52. The number of benzene rings is 1. The smallest absolute Gasteiger partial charge is 0.311 e. The van der Waals surface area contributed by atoms with E-state index in [1.807, 2.05) is 0 Å². The number of nitrogens with zero attached hydrogens (tertiary/aromatic N) is 1. The fraction of sp³-hybridized carbons (Fsp3) is 0.600. The van der Waals surface area contributed by atoms with E-state index in [-0.39, 0.29) is 17.0 Å². The maximum Gasteiger partial charge on any atom is 0.311 e. The van der Waals surface area contributed by atoms with Crippen molar-refractivity contribution >= 4 is 11.4 Å². The van der Waals surface area contributed by atoms with Gasteiger partial charge in [-0.1, -0.05) is 19.8 Å². The summed E-state index contributed by atoms with van der Waals surface area (Å²) in [6.45, 7) is 2.76. The zero-order valence-corrected chi connectivity index (χ0v) is 12.6. The van der Waals surface area contributed by atoms with Crippen molar-refractivity contribution in [3.63, 3.8) is 0 Å². The van der Waals surface area contributed by atoms with Gasteiger partial charge in [-0.15, -0.1) is 0 Å². The van der Waals surface area contributed by atoms with Gasteiger partial charge in [-0.05, 0) is 24.8 Å². The number of rotatable bonds is 5. The molecule has 1 aliphatic rings. The Hall–Kier alpha value is -1.82. The van der Waals surface area contributed by atoms with Gasteiger partial charge in [0.25, 0.3) is 0 Å². The molecule has 2 rings (SSSR count). The molecule has 1 aromatic rings. The predicted octanol–water partition coefficient (Wildman–Crippen LogP) is 2.92. The van der Waals surface area contributed by atoms with Gasteiger partial charge in [0.05, 0.1) is 17.6 Å². The SMILES string of the molecule is COc1cc(NC2(CN)CCCCC2C)ccc1[N+](=O)[O-]. The number of nitro benzene ring substituents is 1. The largest absolute Gasteiger partial charge is 0.490 e. The lowest BCUT2D eigenvalue weighted by atomic mass is 9.73. The summed E-state index contributed by atoms with van der Waals surface area (Å²) in [7, 11) is 1.44. The molecular formula is C15H23N3O3. The Kier molecular flexibility index (Phi) is 4.67. The summed E-state index contributed by atoms with van der Waals surface area (Å²) in [5.41, 5.74) is 6.67. The third kappa shape index (κ3) is 3.10. The number of ether oxygens (including phenoxy) is 1. The summed E-state index contributed by atoms with van der Waals surface area (Å²) < 4.78 is 5.12. The second kappa shape index (κ2) is 6.30. The van der Waals surface area contributed by atoms with E-state index in [2.05, 4.69) is 12.2 Å². The van der Waals surface area contributed by atoms with Crippen LogP contribution in [0.3, 0.4) is 0 Å². The van der Waals surface area contributed by atoms with Crippen molar-refractivity contribution in [1.29, 1.82) is 0 Å². The average molecular weight is 293 g/mol. The summed E-state index contributed by atoms with van der Waals surface area (Å²) in [6.07, 6.45) is 4.55. The number of hydrogen-bond acceptors (Lipinski definition) is 5. The molecule has 0 aliphatic heterocycles. The lowest BCUT2D eigenvalue weighted by Gasteiger charge is -2.43. The second-order valence-corrected chi connectivity index (χ2v) is 5.78. The van der Waals surface area contributed by atoms with Crippen LogP contribution < -0.4 is 15.8 Å². The van der Waals surface area contributed by atoms with Crippen molar-refractivity contribution in [3.8, 4) is 5.75 Å². The molecule has 2 atom stereocenters. The van der Waals surface area contributed by atoms with Crippen molar-refractivity contribution in [3.05, 3.63) is 28.3 Å². The quantitative estimate of drug-likeness (QED) is 0.643. The Bertz CT molecular complexity index is 521. The summed E-state index contributed by atoms with van der Waals surface area (Å²) >= 11 is 0. The van der Waals surface area contributed by atoms with Gasteiger partial charge >= 0.3 is 5.69 Å². The Morgan fingerprint density at radius 3 is 2.86 bits per heavy atom. The molecule has 0 heterocycles. The molecule has 1 aliphatic carbocycles. The second-order valence-electron chi connectivity index (χ2n) is 5.78. The van der Waals surface area contributed by atoms with Crippen molar-refractivity contribution < 1.29 is 9.66 Å². The standard InChI is InChI=1S/C15H23N3O3/c1-11-5-3-4-8-15(11,10-16)17-12-6-7-13(18(19)20)14(9-12)21-2/h6-7,9,11,17H,3-5,8,10,16H2,1-2H3. The van der Waals surface area contributed by atoms with Crippen LogP contribution in [0.15, 0.2) is 18.2 Å². The van der Waals surface area contributed by atoms with Gasteiger partial charge in [-0.2, -0.15) is 0 Å². The fourth-order valence-electron chi connectivity index (χ4n) is 3.15. The third-order valence-electron chi connectivity index (χ3n) is 4.59. The first kappa shape index (κ1) is 15.6. The molecule has 0 amide bonds. The highest BCUT2D eigenvalue weighted by Crippen LogP contribution is 2.37. The van der Waals surface area contributed by atoms with Crippen LogP contribution in [0.1, 0.15) is 32.6 Å². The fourth-order valence-corrected chi connectivity index (χ4v) is 3.15. The first-order valence-electron chi connectivity index (χ1n) is 7.33. The highest BCUT2D eigenvalue weighted by molar-refractivity contribution is 5.59. The Morgan fingerprint density at radius 2 is 2.29 bits per heavy atom. The highest BCUT2D eigenvalue weighted by Gasteiger charge is 2.37. The first-order chi connectivity index (χ1) is 10.0. The van der Waals surface area contributed by atoms with Crippen LogP contribution in [0.4, 0.5) is 11.4 Å². The molecule has 0 aromatic heterocycles. The van der Waals surface area contributed by atoms with E-state index < -0.39 is 4.92 Å². The molecule has 0 spiro atoms. The maximum atomic E-state index is 10.9. The Morgan fingerprint density at radius 1 is 1.52 bits per heavy atom. The molecule has 116 valence electrons. The Balaban J connectivity index is 2.27. The zero-order chi connectivity index (χ0) is 15.5. The molecule has 1 saturated carbocycles. The topological polar surface area (TPSA) is 90.4 Å². The minimum absolute atomic E-state index is 0.0264. The van der Waals surface area contributed by atoms with E-state index in [0.29, 0.717) is 12.5 Å². The van der Waals surface area contributed by atoms with E-state index in [0.717, 1.165) is 24.9 Å². The first-order valence-corrected chi connectivity index (χ1v) is 7.33. The van der Waals surface area contributed by atoms with Gasteiger partial charge in [-0.25, -0.2) is 0 Å². The van der Waals surface area contributed by atoms with Crippen LogP contribution in [0.2, 0.25) is 0 Å². The molecule has 1 fully saturated rings. The van der Waals surface area contributed by atoms with Crippen LogP contribution in [0.25, 0.3) is 0 Å². The van der Waals surface area contributed by atoms with Gasteiger partial charge < -0.3 is 15.8 Å². The van der Waals surface area contributed by atoms with Crippen LogP contribution in [-0.4, -0.2) is 24.1 Å². The van der Waals surface area contributed by atoms with E-state index in [9.17, 15) is 10.1 Å². The van der Waals surface area contributed by atoms with Crippen LogP contribution >= 0.6 is 0 Å². The molecule has 0 saturated heterocycles. The summed E-state index contributed by atoms with van der Waals surface area (Å²) in [5.74, 6) is 0.734. The van der Waals surface area contributed by atoms with E-state index in [4.69, 9.17) is 10.5 Å². The van der Waals surface area contributed by atoms with Gasteiger partial charge in [0, 0.05) is 24.4 Å². The normalized spacial score (nSPS) is 25.4. The molecule has 2 unspecified atom stereocenters. The minimum atomic E-state index is -0.440. The van der Waals surface area contributed by atoms with E-state index in [1.165, 1.54) is 19.6 Å². The average Bonchev–Trinajstić information content (AvgIpc) is 2.49. The van der Waals surface area contributed by atoms with Crippen LogP contribution in [-0.2, 0) is 0 Å². The number of nitro groups is 1. The molecule has 21 heavy (non-hydrogen) atoms. The molecule has 0 radical (unpaired) electrons. The van der Waals surface area contributed by atoms with Gasteiger partial charge in [-0.3, -0.25) is 10.1 Å². The Labute approximate surface area is 124 Å². The molecule has 1 aromatic carbocycles. The minimum Gasteiger partial charge on any atom is -0.490 e. The van der Waals surface area contributed by atoms with Crippen molar-refractivity contribution in [2.75, 3.05) is 19.0 Å². The number of anilines is 1. The van der Waals surface area contributed by atoms with Crippen molar-refractivity contribution in [2.24, 2.45) is 11.7 Å². The monoisotopic (exact) mass is 293 g/mol. The third-order valence-corrected chi connectivity index (χ3v) is 4.59. The highest BCUT2D eigenvalue weighted by atomic mass is 16.6. The predicted molar refractivity (Wildman–Crippen MR) is 82.7 cm³/mol. The van der Waals surface area contributed by atoms with Gasteiger partial charge in [0.15, 0.2) is 5.75 Å². The zero-order valence-electron chi connectivity index (χ0n) is 12.6. The lowest BCUT2D eigenvalue weighted by molar-refractivity contribution is -0.385. The number of nitrogens with two attached hydrogens (primary N) is 1. The van der Waals surface area contributed by atoms with Gasteiger partial charge in [0.2, 0.25) is 0 Å². The van der Waals surface area contributed by atoms with E-state index in [1.54, 1.807) is 12.1 Å². The van der Waals surface area contributed by atoms with Crippen molar-refractivity contribution in [1.82, 2.24) is 0 Å². The van der Waals surface area contributed by atoms with Crippen LogP contribution in [0.5, 0.6) is 5.75 Å². The number of methoxy groups -OCH3 is 1. The van der Waals surface area contributed by atoms with E-state index >= 15 is 0 Å². The number of hydrogen-bond donors (Lipinski definition) is 2. The molecule has 3 N–H and O–H groups in total. The van der Waals surface area contributed by atoms with Crippen molar-refractivity contribution in [2.45, 2.75) is 38.1 Å². The van der Waals surface area contributed by atoms with Gasteiger partial charge in [0.1, 0.15) is 0 Å². The summed E-state index contributed by atoms with van der Waals surface area (Å²) in [4.78, 5) is 10.5. The molecule has 0 bridgehead atoms. The maximum absolute atomic E-state index is 10.9. The number of nitrogens with one attached hydrogen (secondary N) is 1.